The van der Waals surface area contributed by atoms with E-state index in [1.54, 1.807) is 0 Å². The molecule has 1 aromatic heterocycles. The average Bonchev–Trinajstić information content (AvgIpc) is 2.69. The number of hydrogen-bond acceptors (Lipinski definition) is 4. The van der Waals surface area contributed by atoms with E-state index in [0.717, 1.165) is 0 Å². The second-order valence-corrected chi connectivity index (χ2v) is 2.82. The normalized spacial score (nSPS) is 11.4. The average molecular weight is 230 g/mol. The molecule has 0 aliphatic carbocycles. The lowest BCUT2D eigenvalue weighted by atomic mass is 10.2. The number of hydrogen-bond donors (Lipinski definition) is 0. The van der Waals surface area contributed by atoms with Gasteiger partial charge in [0.25, 0.3) is 5.89 Å². The van der Waals surface area contributed by atoms with Crippen LogP contribution < -0.4 is 4.74 Å². The van der Waals surface area contributed by atoms with Crippen LogP contribution >= 0.6 is 0 Å². The van der Waals surface area contributed by atoms with Crippen molar-refractivity contribution >= 4 is 0 Å². The largest absolute Gasteiger partial charge is 0.573 e. The molecule has 0 radical (unpaired) electrons. The first-order valence-electron chi connectivity index (χ1n) is 4.17. The molecule has 4 nitrogen and oxygen atoms in total. The van der Waals surface area contributed by atoms with Crippen molar-refractivity contribution in [1.29, 1.82) is 0 Å². The summed E-state index contributed by atoms with van der Waals surface area (Å²) in [5.41, 5.74) is 0.520. The second-order valence-electron chi connectivity index (χ2n) is 2.82. The van der Waals surface area contributed by atoms with Gasteiger partial charge in [-0.15, -0.1) is 13.2 Å². The third-order valence-electron chi connectivity index (χ3n) is 1.70. The Kier molecular flexibility index (Phi) is 2.51. The van der Waals surface area contributed by atoms with Crippen LogP contribution in [0.25, 0.3) is 11.5 Å². The zero-order valence-electron chi connectivity index (χ0n) is 7.73. The van der Waals surface area contributed by atoms with E-state index in [4.69, 9.17) is 4.52 Å². The zero-order chi connectivity index (χ0) is 11.6. The minimum atomic E-state index is -4.69. The first-order valence-corrected chi connectivity index (χ1v) is 4.17. The molecule has 0 fully saturated rings. The zero-order valence-corrected chi connectivity index (χ0v) is 7.73. The highest BCUT2D eigenvalue weighted by molar-refractivity contribution is 5.53. The summed E-state index contributed by atoms with van der Waals surface area (Å²) in [5, 5.41) is 3.38. The fourth-order valence-corrected chi connectivity index (χ4v) is 1.10. The minimum Gasteiger partial charge on any atom is -0.406 e. The van der Waals surface area contributed by atoms with Crippen molar-refractivity contribution in [2.45, 2.75) is 6.36 Å². The minimum absolute atomic E-state index is 0.235. The highest BCUT2D eigenvalue weighted by Gasteiger charge is 2.30. The van der Waals surface area contributed by atoms with Gasteiger partial charge in [-0.2, -0.15) is 4.98 Å². The topological polar surface area (TPSA) is 48.2 Å². The van der Waals surface area contributed by atoms with Crippen molar-refractivity contribution in [3.63, 3.8) is 0 Å². The molecular formula is C9H5F3N2O2. The van der Waals surface area contributed by atoms with Crippen LogP contribution in [0.2, 0.25) is 0 Å². The molecular weight excluding hydrogens is 225 g/mol. The molecule has 1 aromatic carbocycles. The number of ether oxygens (including phenoxy) is 1. The maximum absolute atomic E-state index is 11.9. The Morgan fingerprint density at radius 1 is 1.12 bits per heavy atom. The fourth-order valence-electron chi connectivity index (χ4n) is 1.10. The van der Waals surface area contributed by atoms with E-state index >= 15 is 0 Å². The van der Waals surface area contributed by atoms with Gasteiger partial charge in [0.15, 0.2) is 6.33 Å². The lowest BCUT2D eigenvalue weighted by Crippen LogP contribution is -2.16. The predicted molar refractivity (Wildman–Crippen MR) is 46.4 cm³/mol. The first kappa shape index (κ1) is 10.5. The highest BCUT2D eigenvalue weighted by Crippen LogP contribution is 2.25. The number of alkyl halides is 3. The number of benzene rings is 1. The third kappa shape index (κ3) is 2.50. The number of nitrogens with zero attached hydrogens (tertiary/aromatic N) is 2. The van der Waals surface area contributed by atoms with Crippen molar-refractivity contribution in [2.75, 3.05) is 0 Å². The van der Waals surface area contributed by atoms with E-state index in [1.165, 1.54) is 30.6 Å². The van der Waals surface area contributed by atoms with Crippen LogP contribution in [0.4, 0.5) is 13.2 Å². The molecule has 0 atom stereocenters. The van der Waals surface area contributed by atoms with Crippen molar-refractivity contribution in [3.05, 3.63) is 30.6 Å². The molecule has 2 aromatic rings. The van der Waals surface area contributed by atoms with Gasteiger partial charge < -0.3 is 9.26 Å². The molecule has 0 saturated heterocycles. The molecule has 0 unspecified atom stereocenters. The Bertz CT molecular complexity index is 451. The summed E-state index contributed by atoms with van der Waals surface area (Å²) >= 11 is 0. The Labute approximate surface area is 87.6 Å². The number of halogens is 3. The molecule has 1 heterocycles. The molecule has 2 rings (SSSR count). The molecule has 0 aliphatic rings. The SMILES string of the molecule is FC(F)(F)Oc1ccc(-c2ncno2)cc1. The van der Waals surface area contributed by atoms with Gasteiger partial charge in [-0.25, -0.2) is 0 Å². The number of rotatable bonds is 2. The van der Waals surface area contributed by atoms with E-state index in [2.05, 4.69) is 14.9 Å². The summed E-state index contributed by atoms with van der Waals surface area (Å²) in [7, 11) is 0. The summed E-state index contributed by atoms with van der Waals surface area (Å²) < 4.78 is 44.0. The van der Waals surface area contributed by atoms with Gasteiger partial charge in [-0.05, 0) is 24.3 Å². The smallest absolute Gasteiger partial charge is 0.406 e. The summed E-state index contributed by atoms with van der Waals surface area (Å²) in [5.74, 6) is -0.0608. The van der Waals surface area contributed by atoms with Crippen molar-refractivity contribution in [2.24, 2.45) is 0 Å². The van der Waals surface area contributed by atoms with Gasteiger partial charge in [-0.3, -0.25) is 0 Å². The molecule has 7 heteroatoms. The van der Waals surface area contributed by atoms with Crippen molar-refractivity contribution < 1.29 is 22.4 Å². The third-order valence-corrected chi connectivity index (χ3v) is 1.70. The van der Waals surface area contributed by atoms with E-state index in [0.29, 0.717) is 5.56 Å². The Hall–Kier alpha value is -2.05. The molecule has 0 amide bonds. The lowest BCUT2D eigenvalue weighted by molar-refractivity contribution is -0.274. The van der Waals surface area contributed by atoms with Gasteiger partial charge in [0.2, 0.25) is 0 Å². The van der Waals surface area contributed by atoms with Crippen molar-refractivity contribution in [1.82, 2.24) is 10.1 Å². The van der Waals surface area contributed by atoms with Crippen molar-refractivity contribution in [3.8, 4) is 17.2 Å². The summed E-state index contributed by atoms with van der Waals surface area (Å²) in [6.45, 7) is 0. The molecule has 0 aliphatic heterocycles. The first-order chi connectivity index (χ1) is 7.54. The van der Waals surface area contributed by atoms with E-state index < -0.39 is 6.36 Å². The van der Waals surface area contributed by atoms with Crippen LogP contribution in [0, 0.1) is 0 Å². The lowest BCUT2D eigenvalue weighted by Gasteiger charge is -2.08. The summed E-state index contributed by atoms with van der Waals surface area (Å²) in [6, 6.07) is 5.14. The van der Waals surface area contributed by atoms with E-state index in [1.807, 2.05) is 0 Å². The van der Waals surface area contributed by atoms with Crippen LogP contribution in [-0.2, 0) is 0 Å². The Balaban J connectivity index is 2.17. The van der Waals surface area contributed by atoms with Gasteiger partial charge in [0.1, 0.15) is 5.75 Å². The van der Waals surface area contributed by atoms with Crippen LogP contribution in [0.15, 0.2) is 35.1 Å². The Morgan fingerprint density at radius 2 is 1.81 bits per heavy atom. The van der Waals surface area contributed by atoms with Gasteiger partial charge in [0.05, 0.1) is 0 Å². The monoisotopic (exact) mass is 230 g/mol. The molecule has 0 saturated carbocycles. The van der Waals surface area contributed by atoms with Crippen LogP contribution in [0.3, 0.4) is 0 Å². The van der Waals surface area contributed by atoms with Crippen LogP contribution in [0.1, 0.15) is 0 Å². The molecule has 84 valence electrons. The Morgan fingerprint density at radius 3 is 2.31 bits per heavy atom. The summed E-state index contributed by atoms with van der Waals surface area (Å²) in [4.78, 5) is 3.75. The number of aromatic nitrogens is 2. The molecule has 0 spiro atoms. The van der Waals surface area contributed by atoms with E-state index in [-0.39, 0.29) is 11.6 Å². The van der Waals surface area contributed by atoms with Gasteiger partial charge in [-0.1, -0.05) is 5.16 Å². The fraction of sp³-hybridized carbons (Fsp3) is 0.111. The van der Waals surface area contributed by atoms with Crippen LogP contribution in [-0.4, -0.2) is 16.5 Å². The standard InChI is InChI=1S/C9H5F3N2O2/c10-9(11,12)15-7-3-1-6(2-4-7)8-13-5-14-16-8/h1-5H. The maximum Gasteiger partial charge on any atom is 0.573 e. The maximum atomic E-state index is 11.9. The quantitative estimate of drug-likeness (QED) is 0.795. The van der Waals surface area contributed by atoms with Gasteiger partial charge in [0, 0.05) is 5.56 Å². The molecule has 16 heavy (non-hydrogen) atoms. The summed E-state index contributed by atoms with van der Waals surface area (Å²) in [6.07, 6.45) is -3.48. The van der Waals surface area contributed by atoms with Crippen LogP contribution in [0.5, 0.6) is 5.75 Å². The second kappa shape index (κ2) is 3.84. The molecule has 0 bridgehead atoms. The highest BCUT2D eigenvalue weighted by atomic mass is 19.4. The predicted octanol–water partition coefficient (Wildman–Crippen LogP) is 2.64. The molecule has 0 N–H and O–H groups in total. The van der Waals surface area contributed by atoms with Gasteiger partial charge >= 0.3 is 6.36 Å². The van der Waals surface area contributed by atoms with E-state index in [9.17, 15) is 13.2 Å².